The molecule has 2 heterocycles. The number of halogens is 1. The van der Waals surface area contributed by atoms with Crippen molar-refractivity contribution in [2.45, 2.75) is 32.8 Å². The summed E-state index contributed by atoms with van der Waals surface area (Å²) < 4.78 is 8.33. The molecule has 5 nitrogen and oxygen atoms in total. The highest BCUT2D eigenvalue weighted by Crippen LogP contribution is 2.21. The average Bonchev–Trinajstić information content (AvgIpc) is 2.66. The first-order valence-corrected chi connectivity index (χ1v) is 7.86. The van der Waals surface area contributed by atoms with Gasteiger partial charge in [-0.15, -0.1) is 0 Å². The normalized spacial score (nSPS) is 20.3. The van der Waals surface area contributed by atoms with Crippen LogP contribution in [0.3, 0.4) is 0 Å². The molecule has 1 fully saturated rings. The number of ether oxygens (including phenoxy) is 1. The quantitative estimate of drug-likeness (QED) is 0.816. The molecule has 0 aromatic carbocycles. The van der Waals surface area contributed by atoms with Gasteiger partial charge in [0.1, 0.15) is 6.10 Å². The summed E-state index contributed by atoms with van der Waals surface area (Å²) in [5, 5.41) is 4.32. The minimum absolute atomic E-state index is 0.134. The summed E-state index contributed by atoms with van der Waals surface area (Å²) in [6, 6.07) is 0. The van der Waals surface area contributed by atoms with Crippen molar-refractivity contribution in [3.8, 4) is 0 Å². The molecule has 1 aromatic heterocycles. The zero-order valence-corrected chi connectivity index (χ0v) is 13.9. The Kier molecular flexibility index (Phi) is 5.35. The number of morpholine rings is 1. The van der Waals surface area contributed by atoms with E-state index in [1.54, 1.807) is 4.68 Å². The molecule has 2 rings (SSSR count). The number of nitrogens with zero attached hydrogens (tertiary/aromatic N) is 3. The number of carbonyl (C=O) groups excluding carboxylic acids is 1. The highest BCUT2D eigenvalue weighted by molar-refractivity contribution is 9.10. The molecular weight excluding hydrogens is 322 g/mol. The van der Waals surface area contributed by atoms with Crippen LogP contribution in [0.2, 0.25) is 0 Å². The van der Waals surface area contributed by atoms with Crippen LogP contribution in [-0.4, -0.2) is 52.8 Å². The van der Waals surface area contributed by atoms with Crippen LogP contribution in [0.5, 0.6) is 0 Å². The summed E-state index contributed by atoms with van der Waals surface area (Å²) in [7, 11) is 1.87. The second-order valence-electron chi connectivity index (χ2n) is 5.27. The lowest BCUT2D eigenvalue weighted by Gasteiger charge is -2.31. The summed E-state index contributed by atoms with van der Waals surface area (Å²) >= 11 is 3.50. The Hall–Kier alpha value is -0.720. The zero-order valence-electron chi connectivity index (χ0n) is 12.4. The molecule has 1 saturated heterocycles. The van der Waals surface area contributed by atoms with Crippen LogP contribution in [0.1, 0.15) is 24.7 Å². The lowest BCUT2D eigenvalue weighted by atomic mass is 10.1. The number of aromatic nitrogens is 2. The van der Waals surface area contributed by atoms with Crippen molar-refractivity contribution in [2.24, 2.45) is 7.05 Å². The lowest BCUT2D eigenvalue weighted by molar-refractivity contribution is -0.135. The average molecular weight is 344 g/mol. The number of carbonyl (C=O) groups is 1. The fraction of sp³-hybridized carbons (Fsp3) is 0.714. The van der Waals surface area contributed by atoms with Crippen molar-refractivity contribution in [3.63, 3.8) is 0 Å². The fourth-order valence-electron chi connectivity index (χ4n) is 2.57. The zero-order chi connectivity index (χ0) is 14.7. The van der Waals surface area contributed by atoms with Gasteiger partial charge in [0.05, 0.1) is 28.9 Å². The van der Waals surface area contributed by atoms with E-state index in [4.69, 9.17) is 4.74 Å². The number of aryl methyl sites for hydroxylation is 2. The molecule has 6 heteroatoms. The fourth-order valence-corrected chi connectivity index (χ4v) is 3.04. The van der Waals surface area contributed by atoms with Crippen LogP contribution in [0, 0.1) is 6.92 Å². The minimum Gasteiger partial charge on any atom is -0.368 e. The molecule has 0 spiro atoms. The van der Waals surface area contributed by atoms with E-state index in [0.29, 0.717) is 19.6 Å². The molecule has 0 bridgehead atoms. The van der Waals surface area contributed by atoms with Gasteiger partial charge in [0, 0.05) is 20.1 Å². The third-order valence-corrected chi connectivity index (χ3v) is 4.68. The first-order chi connectivity index (χ1) is 9.52. The SMILES string of the molecule is CCCN1CCOC(C(=O)Cc2c(Br)c(C)nn2C)C1. The second kappa shape index (κ2) is 6.83. The molecule has 0 N–H and O–H groups in total. The third-order valence-electron chi connectivity index (χ3n) is 3.65. The maximum atomic E-state index is 12.4. The molecular formula is C14H22BrN3O2. The summed E-state index contributed by atoms with van der Waals surface area (Å²) in [4.78, 5) is 14.7. The van der Waals surface area contributed by atoms with Gasteiger partial charge in [0.15, 0.2) is 5.78 Å². The molecule has 112 valence electrons. The number of hydrogen-bond donors (Lipinski definition) is 0. The van der Waals surface area contributed by atoms with Crippen LogP contribution in [0.25, 0.3) is 0 Å². The molecule has 0 amide bonds. The molecule has 1 aliphatic rings. The van der Waals surface area contributed by atoms with E-state index in [0.717, 1.165) is 35.4 Å². The maximum Gasteiger partial charge on any atom is 0.168 e. The van der Waals surface area contributed by atoms with E-state index in [1.165, 1.54) is 0 Å². The van der Waals surface area contributed by atoms with Crippen molar-refractivity contribution >= 4 is 21.7 Å². The van der Waals surface area contributed by atoms with E-state index in [-0.39, 0.29) is 11.9 Å². The van der Waals surface area contributed by atoms with Gasteiger partial charge in [-0.1, -0.05) is 6.92 Å². The maximum absolute atomic E-state index is 12.4. The minimum atomic E-state index is -0.308. The van der Waals surface area contributed by atoms with E-state index in [2.05, 4.69) is 32.9 Å². The van der Waals surface area contributed by atoms with Crippen LogP contribution in [0.4, 0.5) is 0 Å². The summed E-state index contributed by atoms with van der Waals surface area (Å²) in [5.41, 5.74) is 1.83. The largest absolute Gasteiger partial charge is 0.368 e. The Labute approximate surface area is 128 Å². The Morgan fingerprint density at radius 3 is 2.90 bits per heavy atom. The standard InChI is InChI=1S/C14H22BrN3O2/c1-4-5-18-6-7-20-13(9-18)12(19)8-11-14(15)10(2)16-17(11)3/h13H,4-9H2,1-3H3. The van der Waals surface area contributed by atoms with Crippen molar-refractivity contribution in [3.05, 3.63) is 15.9 Å². The highest BCUT2D eigenvalue weighted by Gasteiger charge is 2.27. The number of hydrogen-bond acceptors (Lipinski definition) is 4. The highest BCUT2D eigenvalue weighted by atomic mass is 79.9. The Morgan fingerprint density at radius 1 is 1.55 bits per heavy atom. The summed E-state index contributed by atoms with van der Waals surface area (Å²) in [6.45, 7) is 7.39. The molecule has 0 aliphatic carbocycles. The van der Waals surface area contributed by atoms with Crippen molar-refractivity contribution < 1.29 is 9.53 Å². The van der Waals surface area contributed by atoms with Crippen LogP contribution >= 0.6 is 15.9 Å². The van der Waals surface area contributed by atoms with Gasteiger partial charge >= 0.3 is 0 Å². The van der Waals surface area contributed by atoms with Gasteiger partial charge in [0.25, 0.3) is 0 Å². The van der Waals surface area contributed by atoms with Gasteiger partial charge in [-0.3, -0.25) is 14.4 Å². The van der Waals surface area contributed by atoms with Crippen molar-refractivity contribution in [1.29, 1.82) is 0 Å². The van der Waals surface area contributed by atoms with Gasteiger partial charge in [-0.25, -0.2) is 0 Å². The first-order valence-electron chi connectivity index (χ1n) is 7.07. The lowest BCUT2D eigenvalue weighted by Crippen LogP contribution is -2.46. The van der Waals surface area contributed by atoms with E-state index in [1.807, 2.05) is 14.0 Å². The molecule has 20 heavy (non-hydrogen) atoms. The molecule has 1 aromatic rings. The van der Waals surface area contributed by atoms with Gasteiger partial charge < -0.3 is 4.74 Å². The van der Waals surface area contributed by atoms with Gasteiger partial charge in [-0.05, 0) is 35.8 Å². The molecule has 1 unspecified atom stereocenters. The van der Waals surface area contributed by atoms with E-state index < -0.39 is 0 Å². The number of rotatable bonds is 5. The summed E-state index contributed by atoms with van der Waals surface area (Å²) in [6.07, 6.45) is 1.16. The first kappa shape index (κ1) is 15.7. The van der Waals surface area contributed by atoms with Crippen molar-refractivity contribution in [2.75, 3.05) is 26.2 Å². The monoisotopic (exact) mass is 343 g/mol. The smallest absolute Gasteiger partial charge is 0.168 e. The van der Waals surface area contributed by atoms with Crippen LogP contribution in [-0.2, 0) is 23.0 Å². The molecule has 0 saturated carbocycles. The summed E-state index contributed by atoms with van der Waals surface area (Å²) in [5.74, 6) is 0.134. The molecule has 1 atom stereocenters. The number of Topliss-reactive ketones (excluding diaryl/α,β-unsaturated/α-hetero) is 1. The van der Waals surface area contributed by atoms with Gasteiger partial charge in [-0.2, -0.15) is 5.10 Å². The Balaban J connectivity index is 2.01. The van der Waals surface area contributed by atoms with E-state index in [9.17, 15) is 4.79 Å². The van der Waals surface area contributed by atoms with Crippen LogP contribution in [0.15, 0.2) is 4.47 Å². The molecule has 1 aliphatic heterocycles. The molecule has 0 radical (unpaired) electrons. The Morgan fingerprint density at radius 2 is 2.30 bits per heavy atom. The second-order valence-corrected chi connectivity index (χ2v) is 6.07. The predicted molar refractivity (Wildman–Crippen MR) is 80.8 cm³/mol. The van der Waals surface area contributed by atoms with Crippen molar-refractivity contribution in [1.82, 2.24) is 14.7 Å². The third kappa shape index (κ3) is 3.48. The van der Waals surface area contributed by atoms with E-state index >= 15 is 0 Å². The Bertz CT molecular complexity index is 485. The topological polar surface area (TPSA) is 47.4 Å². The van der Waals surface area contributed by atoms with Crippen LogP contribution < -0.4 is 0 Å². The number of ketones is 1. The predicted octanol–water partition coefficient (Wildman–Crippen LogP) is 1.71. The van der Waals surface area contributed by atoms with Gasteiger partial charge in [0.2, 0.25) is 0 Å².